The Kier molecular flexibility index (Phi) is 5.37. The number of carbonyl (C=O) groups is 2. The molecule has 0 bridgehead atoms. The Bertz CT molecular complexity index is 484. The minimum absolute atomic E-state index is 0.0594. The van der Waals surface area contributed by atoms with E-state index in [1.165, 1.54) is 0 Å². The van der Waals surface area contributed by atoms with E-state index in [4.69, 9.17) is 4.74 Å². The predicted octanol–water partition coefficient (Wildman–Crippen LogP) is 2.77. The first-order chi connectivity index (χ1) is 10.1. The van der Waals surface area contributed by atoms with E-state index >= 15 is 0 Å². The molecule has 0 aromatic heterocycles. The molecule has 0 aliphatic carbocycles. The fourth-order valence-corrected chi connectivity index (χ4v) is 2.60. The summed E-state index contributed by atoms with van der Waals surface area (Å²) in [4.78, 5) is 26.1. The molecule has 1 fully saturated rings. The molecule has 1 aliphatic rings. The molecule has 1 aliphatic heterocycles. The molecule has 0 radical (unpaired) electrons. The molecule has 0 unspecified atom stereocenters. The zero-order valence-electron chi connectivity index (χ0n) is 12.7. The maximum absolute atomic E-state index is 12.2. The highest BCUT2D eigenvalue weighted by Gasteiger charge is 2.35. The average molecular weight is 289 g/mol. The number of hydrogen-bond acceptors (Lipinski definition) is 3. The lowest BCUT2D eigenvalue weighted by Crippen LogP contribution is -2.41. The lowest BCUT2D eigenvalue weighted by molar-refractivity contribution is -0.154. The molecule has 1 saturated heterocycles. The summed E-state index contributed by atoms with van der Waals surface area (Å²) in [6.45, 7) is 4.95. The number of esters is 1. The van der Waals surface area contributed by atoms with E-state index in [2.05, 4.69) is 0 Å². The van der Waals surface area contributed by atoms with Crippen molar-refractivity contribution in [2.45, 2.75) is 45.8 Å². The molecule has 4 nitrogen and oxygen atoms in total. The van der Waals surface area contributed by atoms with Gasteiger partial charge in [-0.3, -0.25) is 4.79 Å². The first-order valence-electron chi connectivity index (χ1n) is 7.58. The molecule has 0 spiro atoms. The van der Waals surface area contributed by atoms with Crippen LogP contribution in [0.3, 0.4) is 0 Å². The van der Waals surface area contributed by atoms with Gasteiger partial charge in [0, 0.05) is 13.0 Å². The van der Waals surface area contributed by atoms with Gasteiger partial charge in [-0.2, -0.15) is 0 Å². The molecular formula is C17H23NO3. The van der Waals surface area contributed by atoms with Crippen LogP contribution in [0.4, 0.5) is 0 Å². The maximum Gasteiger partial charge on any atom is 0.329 e. The Balaban J connectivity index is 1.90. The molecule has 1 heterocycles. The molecule has 1 amide bonds. The van der Waals surface area contributed by atoms with Crippen molar-refractivity contribution < 1.29 is 14.3 Å². The highest BCUT2D eigenvalue weighted by Crippen LogP contribution is 2.21. The summed E-state index contributed by atoms with van der Waals surface area (Å²) >= 11 is 0. The quantitative estimate of drug-likeness (QED) is 0.783. The van der Waals surface area contributed by atoms with Crippen LogP contribution in [0.1, 0.15) is 38.7 Å². The van der Waals surface area contributed by atoms with Crippen molar-refractivity contribution in [3.8, 4) is 0 Å². The Hall–Kier alpha value is -1.84. The lowest BCUT2D eigenvalue weighted by Gasteiger charge is -2.24. The van der Waals surface area contributed by atoms with Crippen LogP contribution in [0.25, 0.3) is 0 Å². The van der Waals surface area contributed by atoms with Crippen LogP contribution in [0.2, 0.25) is 0 Å². The van der Waals surface area contributed by atoms with Crippen LogP contribution in [0.15, 0.2) is 30.3 Å². The second kappa shape index (κ2) is 7.25. The highest BCUT2D eigenvalue weighted by molar-refractivity contribution is 5.85. The standard InChI is InChI=1S/C17H23NO3/c1-13(2)11-16(19)18-10-6-9-15(18)17(20)21-12-14-7-4-3-5-8-14/h3-5,7-8,13,15H,6,9-12H2,1-2H3/t15-/m0/s1. The predicted molar refractivity (Wildman–Crippen MR) is 80.4 cm³/mol. The van der Waals surface area contributed by atoms with E-state index < -0.39 is 6.04 Å². The Labute approximate surface area is 126 Å². The van der Waals surface area contributed by atoms with Gasteiger partial charge in [0.15, 0.2) is 0 Å². The number of hydrogen-bond donors (Lipinski definition) is 0. The molecule has 1 aromatic carbocycles. The third kappa shape index (κ3) is 4.31. The van der Waals surface area contributed by atoms with E-state index in [1.54, 1.807) is 4.90 Å². The number of nitrogens with zero attached hydrogens (tertiary/aromatic N) is 1. The van der Waals surface area contributed by atoms with Gasteiger partial charge in [0.1, 0.15) is 12.6 Å². The Morgan fingerprint density at radius 3 is 2.67 bits per heavy atom. The van der Waals surface area contributed by atoms with Gasteiger partial charge in [-0.15, -0.1) is 0 Å². The summed E-state index contributed by atoms with van der Waals surface area (Å²) < 4.78 is 5.36. The van der Waals surface area contributed by atoms with Gasteiger partial charge in [0.05, 0.1) is 0 Å². The number of ether oxygens (including phenoxy) is 1. The van der Waals surface area contributed by atoms with Crippen molar-refractivity contribution in [1.82, 2.24) is 4.90 Å². The normalized spacial score (nSPS) is 18.0. The molecular weight excluding hydrogens is 266 g/mol. The number of likely N-dealkylation sites (tertiary alicyclic amines) is 1. The van der Waals surface area contributed by atoms with Crippen LogP contribution >= 0.6 is 0 Å². The van der Waals surface area contributed by atoms with Crippen molar-refractivity contribution in [3.05, 3.63) is 35.9 Å². The Morgan fingerprint density at radius 1 is 1.29 bits per heavy atom. The first kappa shape index (κ1) is 15.5. The third-order valence-electron chi connectivity index (χ3n) is 3.65. The monoisotopic (exact) mass is 289 g/mol. The first-order valence-corrected chi connectivity index (χ1v) is 7.58. The average Bonchev–Trinajstić information content (AvgIpc) is 2.95. The topological polar surface area (TPSA) is 46.6 Å². The summed E-state index contributed by atoms with van der Waals surface area (Å²) in [5.41, 5.74) is 0.962. The fraction of sp³-hybridized carbons (Fsp3) is 0.529. The molecule has 0 saturated carbocycles. The zero-order chi connectivity index (χ0) is 15.2. The van der Waals surface area contributed by atoms with Crippen molar-refractivity contribution in [1.29, 1.82) is 0 Å². The van der Waals surface area contributed by atoms with Gasteiger partial charge in [0.2, 0.25) is 5.91 Å². The zero-order valence-corrected chi connectivity index (χ0v) is 12.7. The smallest absolute Gasteiger partial charge is 0.329 e. The maximum atomic E-state index is 12.2. The van der Waals surface area contributed by atoms with Crippen molar-refractivity contribution in [2.75, 3.05) is 6.54 Å². The van der Waals surface area contributed by atoms with Gasteiger partial charge in [-0.1, -0.05) is 44.2 Å². The van der Waals surface area contributed by atoms with Gasteiger partial charge in [-0.05, 0) is 24.3 Å². The van der Waals surface area contributed by atoms with Gasteiger partial charge < -0.3 is 9.64 Å². The van der Waals surface area contributed by atoms with E-state index in [-0.39, 0.29) is 18.5 Å². The summed E-state index contributed by atoms with van der Waals surface area (Å²) in [5, 5.41) is 0. The highest BCUT2D eigenvalue weighted by atomic mass is 16.5. The van der Waals surface area contributed by atoms with Crippen LogP contribution in [0, 0.1) is 5.92 Å². The number of carbonyl (C=O) groups excluding carboxylic acids is 2. The fourth-order valence-electron chi connectivity index (χ4n) is 2.60. The van der Waals surface area contributed by atoms with Gasteiger partial charge in [-0.25, -0.2) is 4.79 Å². The summed E-state index contributed by atoms with van der Waals surface area (Å²) in [6.07, 6.45) is 2.06. The summed E-state index contributed by atoms with van der Waals surface area (Å²) in [5.74, 6) is 0.0803. The van der Waals surface area contributed by atoms with Crippen LogP contribution in [0.5, 0.6) is 0 Å². The second-order valence-corrected chi connectivity index (χ2v) is 5.94. The largest absolute Gasteiger partial charge is 0.459 e. The number of rotatable bonds is 5. The van der Waals surface area contributed by atoms with Crippen LogP contribution in [-0.2, 0) is 20.9 Å². The minimum atomic E-state index is -0.403. The van der Waals surface area contributed by atoms with Crippen LogP contribution < -0.4 is 0 Å². The molecule has 0 N–H and O–H groups in total. The van der Waals surface area contributed by atoms with E-state index in [9.17, 15) is 9.59 Å². The second-order valence-electron chi connectivity index (χ2n) is 5.94. The lowest BCUT2D eigenvalue weighted by atomic mass is 10.1. The molecule has 114 valence electrons. The molecule has 21 heavy (non-hydrogen) atoms. The molecule has 1 aromatic rings. The molecule has 2 rings (SSSR count). The van der Waals surface area contributed by atoms with Crippen LogP contribution in [-0.4, -0.2) is 29.4 Å². The van der Waals surface area contributed by atoms with Gasteiger partial charge >= 0.3 is 5.97 Å². The molecule has 1 atom stereocenters. The summed E-state index contributed by atoms with van der Waals surface area (Å²) in [6, 6.07) is 9.19. The SMILES string of the molecule is CC(C)CC(=O)N1CCC[C@H]1C(=O)OCc1ccccc1. The van der Waals surface area contributed by atoms with E-state index in [0.717, 1.165) is 12.0 Å². The minimum Gasteiger partial charge on any atom is -0.459 e. The Morgan fingerprint density at radius 2 is 2.00 bits per heavy atom. The third-order valence-corrected chi connectivity index (χ3v) is 3.65. The molecule has 4 heteroatoms. The van der Waals surface area contributed by atoms with E-state index in [1.807, 2.05) is 44.2 Å². The number of amides is 1. The summed E-state index contributed by atoms with van der Waals surface area (Å²) in [7, 11) is 0. The van der Waals surface area contributed by atoms with Crippen molar-refractivity contribution in [3.63, 3.8) is 0 Å². The van der Waals surface area contributed by atoms with E-state index in [0.29, 0.717) is 25.3 Å². The number of benzene rings is 1. The van der Waals surface area contributed by atoms with Crippen molar-refractivity contribution in [2.24, 2.45) is 5.92 Å². The van der Waals surface area contributed by atoms with Gasteiger partial charge in [0.25, 0.3) is 0 Å². The van der Waals surface area contributed by atoms with Crippen molar-refractivity contribution >= 4 is 11.9 Å².